The first-order chi connectivity index (χ1) is 9.07. The predicted molar refractivity (Wildman–Crippen MR) is 60.5 cm³/mol. The second-order valence-electron chi connectivity index (χ2n) is 3.69. The van der Waals surface area contributed by atoms with E-state index in [-0.39, 0.29) is 30.8 Å². The van der Waals surface area contributed by atoms with Crippen LogP contribution in [0.15, 0.2) is 18.2 Å². The lowest BCUT2D eigenvalue weighted by Gasteiger charge is -2.11. The van der Waals surface area contributed by atoms with Crippen LogP contribution in [-0.2, 0) is 9.53 Å². The molecule has 0 aliphatic carbocycles. The number of nitrogens with zero attached hydrogens (tertiary/aromatic N) is 2. The van der Waals surface area contributed by atoms with Crippen LogP contribution in [0.4, 0.5) is 5.69 Å². The molecule has 0 bridgehead atoms. The maximum atomic E-state index is 12.0. The van der Waals surface area contributed by atoms with Gasteiger partial charge in [-0.25, -0.2) is 0 Å². The van der Waals surface area contributed by atoms with Crippen molar-refractivity contribution in [1.82, 2.24) is 4.90 Å². The third-order valence-electron chi connectivity index (χ3n) is 2.67. The average molecular weight is 264 g/mol. The molecule has 8 heteroatoms. The van der Waals surface area contributed by atoms with E-state index >= 15 is 0 Å². The Bertz CT molecular complexity index is 583. The van der Waals surface area contributed by atoms with Crippen LogP contribution in [0, 0.1) is 10.1 Å². The molecule has 2 rings (SSSR count). The first kappa shape index (κ1) is 12.7. The van der Waals surface area contributed by atoms with Crippen molar-refractivity contribution in [3.05, 3.63) is 39.4 Å². The fraction of sp³-hybridized carbons (Fsp3) is 0.182. The zero-order valence-corrected chi connectivity index (χ0v) is 9.57. The van der Waals surface area contributed by atoms with Gasteiger partial charge in [-0.1, -0.05) is 6.07 Å². The number of hydrogen-bond donors (Lipinski definition) is 0. The fourth-order valence-electron chi connectivity index (χ4n) is 1.86. The Morgan fingerprint density at radius 2 is 2.05 bits per heavy atom. The molecule has 0 N–H and O–H groups in total. The molecule has 98 valence electrons. The van der Waals surface area contributed by atoms with Gasteiger partial charge in [0.1, 0.15) is 12.2 Å². The number of ether oxygens (including phenoxy) is 1. The van der Waals surface area contributed by atoms with Gasteiger partial charge in [0.15, 0.2) is 0 Å². The third kappa shape index (κ3) is 2.03. The summed E-state index contributed by atoms with van der Waals surface area (Å²) in [6.45, 7) is -0.0916. The van der Waals surface area contributed by atoms with Crippen molar-refractivity contribution in [3.63, 3.8) is 0 Å². The van der Waals surface area contributed by atoms with Crippen LogP contribution in [0.2, 0.25) is 0 Å². The van der Waals surface area contributed by atoms with E-state index in [1.165, 1.54) is 12.1 Å². The smallest absolute Gasteiger partial charge is 0.293 e. The fourth-order valence-corrected chi connectivity index (χ4v) is 1.86. The first-order valence-electron chi connectivity index (χ1n) is 5.26. The van der Waals surface area contributed by atoms with E-state index in [0.29, 0.717) is 0 Å². The lowest BCUT2D eigenvalue weighted by molar-refractivity contribution is -0.385. The van der Waals surface area contributed by atoms with Crippen molar-refractivity contribution < 1.29 is 24.0 Å². The molecule has 0 radical (unpaired) electrons. The largest absolute Gasteiger partial charge is 0.466 e. The molecular weight excluding hydrogens is 256 g/mol. The Morgan fingerprint density at radius 3 is 2.68 bits per heavy atom. The molecule has 0 atom stereocenters. The molecule has 8 nitrogen and oxygen atoms in total. The number of nitro benzene ring substituents is 1. The highest BCUT2D eigenvalue weighted by Gasteiger charge is 2.40. The molecule has 1 aliphatic heterocycles. The monoisotopic (exact) mass is 264 g/mol. The van der Waals surface area contributed by atoms with Gasteiger partial charge < -0.3 is 4.74 Å². The molecule has 1 heterocycles. The summed E-state index contributed by atoms with van der Waals surface area (Å²) >= 11 is 0. The maximum absolute atomic E-state index is 12.0. The maximum Gasteiger partial charge on any atom is 0.293 e. The molecule has 0 spiro atoms. The Morgan fingerprint density at radius 1 is 1.32 bits per heavy atom. The van der Waals surface area contributed by atoms with Crippen molar-refractivity contribution >= 4 is 24.0 Å². The SMILES string of the molecule is O=COCCN1C(=O)c2cccc([N+](=O)[O-])c2C1=O. The van der Waals surface area contributed by atoms with Crippen LogP contribution < -0.4 is 0 Å². The van der Waals surface area contributed by atoms with Gasteiger partial charge >= 0.3 is 0 Å². The summed E-state index contributed by atoms with van der Waals surface area (Å²) in [5.41, 5.74) is -0.636. The molecule has 0 aromatic heterocycles. The summed E-state index contributed by atoms with van der Waals surface area (Å²) in [6, 6.07) is 3.85. The van der Waals surface area contributed by atoms with Gasteiger partial charge in [-0.15, -0.1) is 0 Å². The molecule has 1 aliphatic rings. The zero-order valence-electron chi connectivity index (χ0n) is 9.57. The van der Waals surface area contributed by atoms with E-state index in [9.17, 15) is 24.5 Å². The summed E-state index contributed by atoms with van der Waals surface area (Å²) in [7, 11) is 0. The van der Waals surface area contributed by atoms with Crippen LogP contribution in [0.3, 0.4) is 0 Å². The number of hydrogen-bond acceptors (Lipinski definition) is 6. The number of rotatable bonds is 5. The molecule has 2 amide bonds. The second kappa shape index (κ2) is 4.84. The molecule has 19 heavy (non-hydrogen) atoms. The highest BCUT2D eigenvalue weighted by Crippen LogP contribution is 2.30. The number of carbonyl (C=O) groups excluding carboxylic acids is 3. The summed E-state index contributed by atoms with van der Waals surface area (Å²) in [4.78, 5) is 44.8. The Kier molecular flexibility index (Phi) is 3.23. The first-order valence-corrected chi connectivity index (χ1v) is 5.26. The minimum absolute atomic E-state index is 0.00898. The number of amides is 2. The lowest BCUT2D eigenvalue weighted by atomic mass is 10.1. The van der Waals surface area contributed by atoms with Crippen LogP contribution in [0.1, 0.15) is 20.7 Å². The highest BCUT2D eigenvalue weighted by atomic mass is 16.6. The topological polar surface area (TPSA) is 107 Å². The summed E-state index contributed by atoms with van der Waals surface area (Å²) in [6.07, 6.45) is 0. The Labute approximate surface area is 106 Å². The zero-order chi connectivity index (χ0) is 14.0. The van der Waals surface area contributed by atoms with Gasteiger partial charge in [-0.3, -0.25) is 29.4 Å². The van der Waals surface area contributed by atoms with Crippen molar-refractivity contribution in [1.29, 1.82) is 0 Å². The van der Waals surface area contributed by atoms with Crippen molar-refractivity contribution in [2.24, 2.45) is 0 Å². The van der Waals surface area contributed by atoms with E-state index in [0.717, 1.165) is 11.0 Å². The van der Waals surface area contributed by atoms with E-state index in [4.69, 9.17) is 0 Å². The number of imide groups is 1. The summed E-state index contributed by atoms with van der Waals surface area (Å²) in [5, 5.41) is 10.8. The van der Waals surface area contributed by atoms with E-state index < -0.39 is 22.4 Å². The molecule has 1 aromatic carbocycles. The standard InChI is InChI=1S/C11H8N2O6/c14-6-19-5-4-12-10(15)7-2-1-3-8(13(17)18)9(7)11(12)16/h1-3,6H,4-5H2. The quantitative estimate of drug-likeness (QED) is 0.250. The van der Waals surface area contributed by atoms with Gasteiger partial charge in [0.2, 0.25) is 0 Å². The predicted octanol–water partition coefficient (Wildman–Crippen LogP) is 0.364. The van der Waals surface area contributed by atoms with Crippen molar-refractivity contribution in [2.75, 3.05) is 13.2 Å². The molecule has 1 aromatic rings. The van der Waals surface area contributed by atoms with Gasteiger partial charge in [0.05, 0.1) is 17.0 Å². The van der Waals surface area contributed by atoms with Gasteiger partial charge in [0, 0.05) is 6.07 Å². The minimum Gasteiger partial charge on any atom is -0.466 e. The van der Waals surface area contributed by atoms with Gasteiger partial charge in [-0.2, -0.15) is 0 Å². The minimum atomic E-state index is -0.748. The van der Waals surface area contributed by atoms with Crippen molar-refractivity contribution in [2.45, 2.75) is 0 Å². The Hall–Kier alpha value is -2.77. The number of benzene rings is 1. The molecular formula is C11H8N2O6. The normalized spacial score (nSPS) is 13.4. The van der Waals surface area contributed by atoms with Gasteiger partial charge in [0.25, 0.3) is 24.0 Å². The van der Waals surface area contributed by atoms with Crippen LogP contribution in [0.5, 0.6) is 0 Å². The van der Waals surface area contributed by atoms with Crippen LogP contribution >= 0.6 is 0 Å². The van der Waals surface area contributed by atoms with E-state index in [1.54, 1.807) is 0 Å². The second-order valence-corrected chi connectivity index (χ2v) is 3.69. The molecule has 0 fully saturated rings. The lowest BCUT2D eigenvalue weighted by Crippen LogP contribution is -2.33. The molecule has 0 saturated heterocycles. The van der Waals surface area contributed by atoms with Gasteiger partial charge in [-0.05, 0) is 6.07 Å². The number of fused-ring (bicyclic) bond motifs is 1. The highest BCUT2D eigenvalue weighted by molar-refractivity contribution is 6.23. The number of carbonyl (C=O) groups is 3. The average Bonchev–Trinajstić information content (AvgIpc) is 2.64. The van der Waals surface area contributed by atoms with Crippen molar-refractivity contribution in [3.8, 4) is 0 Å². The summed E-state index contributed by atoms with van der Waals surface area (Å²) in [5.74, 6) is -1.38. The van der Waals surface area contributed by atoms with Crippen LogP contribution in [-0.4, -0.2) is 41.3 Å². The molecule has 0 saturated carbocycles. The molecule has 0 unspecified atom stereocenters. The Balaban J connectivity index is 2.36. The van der Waals surface area contributed by atoms with Crippen LogP contribution in [0.25, 0.3) is 0 Å². The number of nitro groups is 1. The van der Waals surface area contributed by atoms with E-state index in [1.807, 2.05) is 0 Å². The summed E-state index contributed by atoms with van der Waals surface area (Å²) < 4.78 is 4.41. The van der Waals surface area contributed by atoms with E-state index in [2.05, 4.69) is 4.74 Å². The third-order valence-corrected chi connectivity index (χ3v) is 2.67.